The zero-order valence-electron chi connectivity index (χ0n) is 10.8. The molecule has 0 fully saturated rings. The number of aryl methyl sites for hydroxylation is 1. The van der Waals surface area contributed by atoms with Crippen LogP contribution in [0.3, 0.4) is 0 Å². The van der Waals surface area contributed by atoms with Crippen molar-refractivity contribution in [1.29, 1.82) is 0 Å². The van der Waals surface area contributed by atoms with Crippen molar-refractivity contribution in [1.82, 2.24) is 9.97 Å². The maximum atomic E-state index is 6.20. The number of nitrogens with two attached hydrogens (primary N) is 1. The van der Waals surface area contributed by atoms with Crippen LogP contribution < -0.4 is 10.5 Å². The summed E-state index contributed by atoms with van der Waals surface area (Å²) in [6.45, 7) is 5.94. The zero-order valence-corrected chi connectivity index (χ0v) is 11.6. The van der Waals surface area contributed by atoms with Gasteiger partial charge in [0, 0.05) is 17.3 Å². The molecule has 0 aliphatic rings. The topological polar surface area (TPSA) is 61.0 Å². The summed E-state index contributed by atoms with van der Waals surface area (Å²) in [5.74, 6) is 0.749. The van der Waals surface area contributed by atoms with Gasteiger partial charge in [0.1, 0.15) is 5.75 Å². The largest absolute Gasteiger partial charge is 0.489 e. The van der Waals surface area contributed by atoms with Gasteiger partial charge < -0.3 is 10.5 Å². The summed E-state index contributed by atoms with van der Waals surface area (Å²) in [6.07, 6.45) is 5.42. The molecule has 0 amide bonds. The van der Waals surface area contributed by atoms with Gasteiger partial charge in [-0.25, -0.2) is 4.98 Å². The lowest BCUT2D eigenvalue weighted by molar-refractivity contribution is 0.241. The van der Waals surface area contributed by atoms with E-state index in [1.165, 1.54) is 0 Å². The van der Waals surface area contributed by atoms with Crippen molar-refractivity contribution in [3.05, 3.63) is 40.1 Å². The van der Waals surface area contributed by atoms with Crippen LogP contribution in [-0.4, -0.2) is 16.1 Å². The molecule has 0 saturated heterocycles. The highest BCUT2D eigenvalue weighted by Crippen LogP contribution is 2.26. The normalized spacial score (nSPS) is 12.7. The van der Waals surface area contributed by atoms with Gasteiger partial charge in [-0.1, -0.05) is 0 Å². The summed E-state index contributed by atoms with van der Waals surface area (Å²) in [7, 11) is 0. The Morgan fingerprint density at radius 1 is 1.28 bits per heavy atom. The van der Waals surface area contributed by atoms with Crippen molar-refractivity contribution in [2.24, 2.45) is 5.73 Å². The first-order valence-electron chi connectivity index (χ1n) is 5.86. The summed E-state index contributed by atoms with van der Waals surface area (Å²) < 4.78 is 5.62. The fraction of sp³-hybridized carbons (Fsp3) is 0.385. The van der Waals surface area contributed by atoms with Gasteiger partial charge in [-0.2, -0.15) is 0 Å². The van der Waals surface area contributed by atoms with Crippen molar-refractivity contribution >= 4 is 11.3 Å². The average Bonchev–Trinajstić information content (AvgIpc) is 2.74. The molecule has 96 valence electrons. The molecule has 2 aromatic rings. The molecule has 2 N–H and O–H groups in total. The van der Waals surface area contributed by atoms with E-state index < -0.39 is 0 Å². The third kappa shape index (κ3) is 3.05. The van der Waals surface area contributed by atoms with E-state index >= 15 is 0 Å². The molecule has 0 radical (unpaired) electrons. The van der Waals surface area contributed by atoms with Crippen LogP contribution in [0.2, 0.25) is 0 Å². The van der Waals surface area contributed by atoms with Crippen LogP contribution in [0.4, 0.5) is 0 Å². The number of pyridine rings is 1. The maximum absolute atomic E-state index is 6.20. The third-order valence-electron chi connectivity index (χ3n) is 2.41. The highest BCUT2D eigenvalue weighted by Gasteiger charge is 2.13. The van der Waals surface area contributed by atoms with Crippen molar-refractivity contribution in [3.63, 3.8) is 0 Å². The standard InChI is InChI=1S/C13H17N3OS/c1-8(2)17-11-4-10(5-15-6-11)13(14)12-7-16-9(3)18-12/h4-8,13H,14H2,1-3H3. The Kier molecular flexibility index (Phi) is 3.93. The fourth-order valence-electron chi connectivity index (χ4n) is 1.63. The highest BCUT2D eigenvalue weighted by atomic mass is 32.1. The summed E-state index contributed by atoms with van der Waals surface area (Å²) in [4.78, 5) is 9.43. The first-order valence-corrected chi connectivity index (χ1v) is 6.67. The molecular formula is C13H17N3OS. The smallest absolute Gasteiger partial charge is 0.138 e. The molecule has 2 aromatic heterocycles. The van der Waals surface area contributed by atoms with Crippen molar-refractivity contribution < 1.29 is 4.74 Å². The van der Waals surface area contributed by atoms with Crippen LogP contribution in [-0.2, 0) is 0 Å². The van der Waals surface area contributed by atoms with Gasteiger partial charge >= 0.3 is 0 Å². The summed E-state index contributed by atoms with van der Waals surface area (Å²) >= 11 is 1.61. The Morgan fingerprint density at radius 2 is 2.06 bits per heavy atom. The predicted octanol–water partition coefficient (Wildman–Crippen LogP) is 2.68. The van der Waals surface area contributed by atoms with Crippen LogP contribution in [0.5, 0.6) is 5.75 Å². The van der Waals surface area contributed by atoms with Gasteiger partial charge in [-0.3, -0.25) is 4.98 Å². The number of thiazole rings is 1. The lowest BCUT2D eigenvalue weighted by Crippen LogP contribution is -2.12. The molecule has 2 heterocycles. The minimum absolute atomic E-state index is 0.129. The molecule has 0 saturated carbocycles. The quantitative estimate of drug-likeness (QED) is 0.921. The Bertz CT molecular complexity index is 524. The number of ether oxygens (including phenoxy) is 1. The Balaban J connectivity index is 2.22. The fourth-order valence-corrected chi connectivity index (χ4v) is 2.44. The van der Waals surface area contributed by atoms with E-state index in [4.69, 9.17) is 10.5 Å². The van der Waals surface area contributed by atoms with Crippen LogP contribution >= 0.6 is 11.3 Å². The summed E-state index contributed by atoms with van der Waals surface area (Å²) in [5.41, 5.74) is 7.15. The molecule has 0 aromatic carbocycles. The van der Waals surface area contributed by atoms with Crippen LogP contribution in [0.25, 0.3) is 0 Å². The van der Waals surface area contributed by atoms with E-state index in [2.05, 4.69) is 9.97 Å². The molecule has 0 aliphatic carbocycles. The van der Waals surface area contributed by atoms with Gasteiger partial charge in [0.05, 0.1) is 23.4 Å². The molecule has 1 unspecified atom stereocenters. The van der Waals surface area contributed by atoms with Crippen molar-refractivity contribution in [2.45, 2.75) is 32.9 Å². The number of nitrogens with zero attached hydrogens (tertiary/aromatic N) is 2. The molecule has 18 heavy (non-hydrogen) atoms. The van der Waals surface area contributed by atoms with E-state index in [0.29, 0.717) is 0 Å². The molecule has 4 nitrogen and oxygen atoms in total. The highest BCUT2D eigenvalue weighted by molar-refractivity contribution is 7.11. The van der Waals surface area contributed by atoms with Crippen molar-refractivity contribution in [3.8, 4) is 5.75 Å². The van der Waals surface area contributed by atoms with Crippen molar-refractivity contribution in [2.75, 3.05) is 0 Å². The van der Waals surface area contributed by atoms with Gasteiger partial charge in [-0.05, 0) is 32.4 Å². The van der Waals surface area contributed by atoms with E-state index in [1.54, 1.807) is 23.7 Å². The molecule has 1 atom stereocenters. The first-order chi connectivity index (χ1) is 8.56. The Labute approximate surface area is 111 Å². The van der Waals surface area contributed by atoms with E-state index in [9.17, 15) is 0 Å². The second-order valence-corrected chi connectivity index (χ2v) is 5.65. The third-order valence-corrected chi connectivity index (χ3v) is 3.41. The first kappa shape index (κ1) is 13.0. The van der Waals surface area contributed by atoms with E-state index in [0.717, 1.165) is 21.2 Å². The second-order valence-electron chi connectivity index (χ2n) is 4.38. The monoisotopic (exact) mass is 263 g/mol. The minimum atomic E-state index is -0.195. The Hall–Kier alpha value is -1.46. The molecule has 0 bridgehead atoms. The second kappa shape index (κ2) is 5.46. The number of hydrogen-bond donors (Lipinski definition) is 1. The van der Waals surface area contributed by atoms with Gasteiger partial charge in [-0.15, -0.1) is 11.3 Å². The molecular weight excluding hydrogens is 246 g/mol. The summed E-state index contributed by atoms with van der Waals surface area (Å²) in [6, 6.07) is 1.74. The lowest BCUT2D eigenvalue weighted by atomic mass is 10.1. The van der Waals surface area contributed by atoms with Gasteiger partial charge in [0.25, 0.3) is 0 Å². The predicted molar refractivity (Wildman–Crippen MR) is 72.9 cm³/mol. The van der Waals surface area contributed by atoms with Crippen LogP contribution in [0.1, 0.15) is 35.3 Å². The zero-order chi connectivity index (χ0) is 13.1. The minimum Gasteiger partial charge on any atom is -0.489 e. The van der Waals surface area contributed by atoms with E-state index in [1.807, 2.05) is 33.0 Å². The molecule has 0 aliphatic heterocycles. The Morgan fingerprint density at radius 3 is 2.67 bits per heavy atom. The molecule has 2 rings (SSSR count). The number of aromatic nitrogens is 2. The molecule has 0 spiro atoms. The SMILES string of the molecule is Cc1ncc(C(N)c2cncc(OC(C)C)c2)s1. The van der Waals surface area contributed by atoms with Gasteiger partial charge in [0.2, 0.25) is 0 Å². The van der Waals surface area contributed by atoms with Crippen LogP contribution in [0.15, 0.2) is 24.7 Å². The van der Waals surface area contributed by atoms with E-state index in [-0.39, 0.29) is 12.1 Å². The lowest BCUT2D eigenvalue weighted by Gasteiger charge is -2.13. The van der Waals surface area contributed by atoms with Crippen LogP contribution in [0, 0.1) is 6.92 Å². The average molecular weight is 263 g/mol. The van der Waals surface area contributed by atoms with Gasteiger partial charge in [0.15, 0.2) is 0 Å². The maximum Gasteiger partial charge on any atom is 0.138 e. The number of rotatable bonds is 4. The number of hydrogen-bond acceptors (Lipinski definition) is 5. The summed E-state index contributed by atoms with van der Waals surface area (Å²) in [5, 5.41) is 1.02. The molecule has 5 heteroatoms.